The molecule has 1 heterocycles. The van der Waals surface area contributed by atoms with Gasteiger partial charge in [0, 0.05) is 31.7 Å². The molecule has 1 fully saturated rings. The topological polar surface area (TPSA) is 66.9 Å². The Balaban J connectivity index is 2.42. The van der Waals surface area contributed by atoms with Crippen molar-refractivity contribution < 1.29 is 17.9 Å². The van der Waals surface area contributed by atoms with E-state index in [2.05, 4.69) is 6.58 Å². The van der Waals surface area contributed by atoms with Crippen molar-refractivity contribution in [3.8, 4) is 5.75 Å². The molecule has 7 heteroatoms. The number of rotatable bonds is 7. The van der Waals surface area contributed by atoms with Crippen molar-refractivity contribution in [2.75, 3.05) is 33.3 Å². The smallest absolute Gasteiger partial charge is 0.254 e. The van der Waals surface area contributed by atoms with Crippen LogP contribution in [0.1, 0.15) is 49.9 Å². The van der Waals surface area contributed by atoms with Crippen LogP contribution in [-0.2, 0) is 10.0 Å². The van der Waals surface area contributed by atoms with Gasteiger partial charge in [0.2, 0.25) is 10.0 Å². The van der Waals surface area contributed by atoms with Gasteiger partial charge >= 0.3 is 0 Å². The average Bonchev–Trinajstić information content (AvgIpc) is 2.95. The molecule has 1 aromatic carbocycles. The first-order valence-electron chi connectivity index (χ1n) is 9.43. The molecule has 0 atom stereocenters. The van der Waals surface area contributed by atoms with Gasteiger partial charge in [0.05, 0.1) is 7.11 Å². The van der Waals surface area contributed by atoms with Gasteiger partial charge in [-0.15, -0.1) is 0 Å². The third kappa shape index (κ3) is 5.11. The minimum atomic E-state index is -3.72. The fraction of sp³-hybridized carbons (Fsp3) is 0.550. The molecule has 6 nitrogen and oxygen atoms in total. The van der Waals surface area contributed by atoms with Crippen LogP contribution in [0.3, 0.4) is 0 Å². The second kappa shape index (κ2) is 9.37. The molecule has 0 aliphatic carbocycles. The van der Waals surface area contributed by atoms with E-state index in [1.165, 1.54) is 17.5 Å². The van der Waals surface area contributed by atoms with Gasteiger partial charge in [-0.2, -0.15) is 4.31 Å². The molecule has 0 saturated carbocycles. The van der Waals surface area contributed by atoms with E-state index in [0.717, 1.165) is 31.3 Å². The number of likely N-dealkylation sites (N-methyl/N-ethyl adjacent to an activating group) is 1. The van der Waals surface area contributed by atoms with Gasteiger partial charge in [-0.25, -0.2) is 8.42 Å². The van der Waals surface area contributed by atoms with Gasteiger partial charge in [-0.05, 0) is 44.9 Å². The molecule has 0 unspecified atom stereocenters. The van der Waals surface area contributed by atoms with Gasteiger partial charge in [-0.1, -0.05) is 25.0 Å². The quantitative estimate of drug-likeness (QED) is 0.666. The lowest BCUT2D eigenvalue weighted by atomic mass is 10.1. The van der Waals surface area contributed by atoms with Crippen LogP contribution in [0.5, 0.6) is 5.75 Å². The third-order valence-electron chi connectivity index (χ3n) is 4.72. The normalized spacial score (nSPS) is 15.8. The highest BCUT2D eigenvalue weighted by Gasteiger charge is 2.29. The molecule has 0 N–H and O–H groups in total. The van der Waals surface area contributed by atoms with E-state index < -0.39 is 10.0 Å². The van der Waals surface area contributed by atoms with E-state index in [4.69, 9.17) is 4.74 Å². The predicted molar refractivity (Wildman–Crippen MR) is 107 cm³/mol. The van der Waals surface area contributed by atoms with Crippen LogP contribution in [0.15, 0.2) is 35.2 Å². The lowest BCUT2D eigenvalue weighted by Crippen LogP contribution is -2.34. The largest absolute Gasteiger partial charge is 0.495 e. The Bertz CT molecular complexity index is 781. The zero-order chi connectivity index (χ0) is 20.0. The summed E-state index contributed by atoms with van der Waals surface area (Å²) in [5.41, 5.74) is 1.21. The zero-order valence-electron chi connectivity index (χ0n) is 16.5. The number of sulfonamides is 1. The average molecular weight is 395 g/mol. The summed E-state index contributed by atoms with van der Waals surface area (Å²) >= 11 is 0. The van der Waals surface area contributed by atoms with E-state index >= 15 is 0 Å². The summed E-state index contributed by atoms with van der Waals surface area (Å²) in [7, 11) is -2.28. The van der Waals surface area contributed by atoms with E-state index in [9.17, 15) is 13.2 Å². The maximum absolute atomic E-state index is 13.2. The lowest BCUT2D eigenvalue weighted by Gasteiger charge is -2.23. The van der Waals surface area contributed by atoms with Gasteiger partial charge in [-0.3, -0.25) is 4.79 Å². The molecule has 1 amide bonds. The standard InChI is InChI=1S/C20H30N2O4S/c1-5-21(15-16(2)3)20(23)17-10-11-18(26-4)19(14-17)27(24,25)22-12-8-6-7-9-13-22/h10-11,14H,2,5-9,12-13,15H2,1,3-4H3. The Kier molecular flexibility index (Phi) is 7.44. The predicted octanol–water partition coefficient (Wildman–Crippen LogP) is 3.30. The molecule has 0 radical (unpaired) electrons. The summed E-state index contributed by atoms with van der Waals surface area (Å²) in [6.07, 6.45) is 3.77. The fourth-order valence-electron chi connectivity index (χ4n) is 3.27. The van der Waals surface area contributed by atoms with E-state index in [0.29, 0.717) is 31.7 Å². The molecule has 1 aliphatic heterocycles. The Morgan fingerprint density at radius 1 is 1.22 bits per heavy atom. The van der Waals surface area contributed by atoms with Crippen LogP contribution in [0.2, 0.25) is 0 Å². The first-order chi connectivity index (χ1) is 12.8. The van der Waals surface area contributed by atoms with Gasteiger partial charge in [0.15, 0.2) is 0 Å². The van der Waals surface area contributed by atoms with Crippen molar-refractivity contribution in [2.45, 2.75) is 44.4 Å². The number of benzene rings is 1. The molecule has 1 saturated heterocycles. The van der Waals surface area contributed by atoms with Crippen molar-refractivity contribution in [3.05, 3.63) is 35.9 Å². The van der Waals surface area contributed by atoms with E-state index in [1.807, 2.05) is 13.8 Å². The highest BCUT2D eigenvalue weighted by Crippen LogP contribution is 2.29. The van der Waals surface area contributed by atoms with Crippen molar-refractivity contribution >= 4 is 15.9 Å². The Hall–Kier alpha value is -1.86. The number of nitrogens with zero attached hydrogens (tertiary/aromatic N) is 2. The molecule has 0 aromatic heterocycles. The van der Waals surface area contributed by atoms with Gasteiger partial charge in [0.1, 0.15) is 10.6 Å². The van der Waals surface area contributed by atoms with Crippen LogP contribution in [-0.4, -0.2) is 56.8 Å². The molecular weight excluding hydrogens is 364 g/mol. The minimum Gasteiger partial charge on any atom is -0.495 e. The van der Waals surface area contributed by atoms with Crippen LogP contribution < -0.4 is 4.74 Å². The minimum absolute atomic E-state index is 0.0594. The number of ether oxygens (including phenoxy) is 1. The van der Waals surface area contributed by atoms with Crippen molar-refractivity contribution in [1.82, 2.24) is 9.21 Å². The fourth-order valence-corrected chi connectivity index (χ4v) is 4.97. The molecule has 27 heavy (non-hydrogen) atoms. The van der Waals surface area contributed by atoms with Gasteiger partial charge < -0.3 is 9.64 Å². The van der Waals surface area contributed by atoms with E-state index in [1.54, 1.807) is 17.0 Å². The van der Waals surface area contributed by atoms with Crippen LogP contribution in [0, 0.1) is 0 Å². The second-order valence-corrected chi connectivity index (χ2v) is 8.87. The maximum Gasteiger partial charge on any atom is 0.254 e. The van der Waals surface area contributed by atoms with E-state index in [-0.39, 0.29) is 16.6 Å². The second-order valence-electron chi connectivity index (χ2n) is 6.96. The SMILES string of the molecule is C=C(C)CN(CC)C(=O)c1ccc(OC)c(S(=O)(=O)N2CCCCCC2)c1. The lowest BCUT2D eigenvalue weighted by molar-refractivity contribution is 0.0778. The molecule has 1 aliphatic rings. The van der Waals surface area contributed by atoms with Gasteiger partial charge in [0.25, 0.3) is 5.91 Å². The van der Waals surface area contributed by atoms with Crippen LogP contribution in [0.4, 0.5) is 0 Å². The molecule has 0 bridgehead atoms. The molecule has 2 rings (SSSR count). The van der Waals surface area contributed by atoms with Crippen LogP contribution in [0.25, 0.3) is 0 Å². The summed E-state index contributed by atoms with van der Waals surface area (Å²) in [4.78, 5) is 14.6. The Labute approximate surface area is 162 Å². The number of methoxy groups -OCH3 is 1. The number of amides is 1. The Morgan fingerprint density at radius 3 is 2.37 bits per heavy atom. The number of carbonyl (C=O) groups is 1. The summed E-state index contributed by atoms with van der Waals surface area (Å²) in [5, 5.41) is 0. The molecule has 1 aromatic rings. The monoisotopic (exact) mass is 394 g/mol. The van der Waals surface area contributed by atoms with Crippen molar-refractivity contribution in [1.29, 1.82) is 0 Å². The summed E-state index contributed by atoms with van der Waals surface area (Å²) in [6, 6.07) is 4.62. The van der Waals surface area contributed by atoms with Crippen LogP contribution >= 0.6 is 0 Å². The summed E-state index contributed by atoms with van der Waals surface area (Å²) in [5.74, 6) is 0.0502. The zero-order valence-corrected chi connectivity index (χ0v) is 17.3. The number of hydrogen-bond donors (Lipinski definition) is 0. The summed E-state index contributed by atoms with van der Waals surface area (Å²) < 4.78 is 33.2. The first kappa shape index (κ1) is 21.4. The van der Waals surface area contributed by atoms with Crippen molar-refractivity contribution in [3.63, 3.8) is 0 Å². The molecular formula is C20H30N2O4S. The highest BCUT2D eigenvalue weighted by atomic mass is 32.2. The molecule has 0 spiro atoms. The Morgan fingerprint density at radius 2 is 1.85 bits per heavy atom. The highest BCUT2D eigenvalue weighted by molar-refractivity contribution is 7.89. The maximum atomic E-state index is 13.2. The summed E-state index contributed by atoms with van der Waals surface area (Å²) in [6.45, 7) is 9.57. The number of hydrogen-bond acceptors (Lipinski definition) is 4. The van der Waals surface area contributed by atoms with Crippen molar-refractivity contribution in [2.24, 2.45) is 0 Å². The number of carbonyl (C=O) groups excluding carboxylic acids is 1. The third-order valence-corrected chi connectivity index (χ3v) is 6.64. The molecule has 150 valence electrons. The first-order valence-corrected chi connectivity index (χ1v) is 10.9.